The molecule has 2 rings (SSSR count). The number of rotatable bonds is 2. The molecule has 1 aliphatic heterocycles. The largest absolute Gasteiger partial charge is 0.316 e. The zero-order valence-electron chi connectivity index (χ0n) is 10.7. The van der Waals surface area contributed by atoms with Gasteiger partial charge in [-0.1, -0.05) is 0 Å². The predicted molar refractivity (Wildman–Crippen MR) is 73.9 cm³/mol. The van der Waals surface area contributed by atoms with E-state index in [1.807, 2.05) is 13.8 Å². The van der Waals surface area contributed by atoms with Crippen LogP contribution in [0.15, 0.2) is 0 Å². The fourth-order valence-corrected chi connectivity index (χ4v) is 4.82. The monoisotopic (exact) mass is 298 g/mol. The quantitative estimate of drug-likeness (QED) is 0.898. The smallest absolute Gasteiger partial charge is 0.229 e. The molecule has 0 aliphatic carbocycles. The normalized spacial score (nSPS) is 21.0. The summed E-state index contributed by atoms with van der Waals surface area (Å²) in [6.45, 7) is 3.72. The summed E-state index contributed by atoms with van der Waals surface area (Å²) < 4.78 is 22.7. The van der Waals surface area contributed by atoms with E-state index >= 15 is 0 Å². The highest BCUT2D eigenvalue weighted by Gasteiger charge is 2.33. The van der Waals surface area contributed by atoms with Crippen LogP contribution in [-0.2, 0) is 14.6 Å². The fraction of sp³-hybridized carbons (Fsp3) is 0.500. The van der Waals surface area contributed by atoms with Crippen LogP contribution >= 0.6 is 11.3 Å². The van der Waals surface area contributed by atoms with Crippen LogP contribution in [0.1, 0.15) is 22.4 Å². The van der Waals surface area contributed by atoms with Gasteiger partial charge in [0.25, 0.3) is 0 Å². The molecule has 19 heavy (non-hydrogen) atoms. The molecule has 1 aromatic heterocycles. The molecule has 1 unspecified atom stereocenters. The van der Waals surface area contributed by atoms with Gasteiger partial charge in [0.1, 0.15) is 11.1 Å². The number of thiophene rings is 1. The maximum Gasteiger partial charge on any atom is 0.229 e. The number of nitrogens with zero attached hydrogens (tertiary/aromatic N) is 1. The van der Waals surface area contributed by atoms with Gasteiger partial charge in [-0.25, -0.2) is 8.42 Å². The van der Waals surface area contributed by atoms with Gasteiger partial charge in [0.2, 0.25) is 5.91 Å². The lowest BCUT2D eigenvalue weighted by atomic mass is 10.1. The third kappa shape index (κ3) is 2.80. The summed E-state index contributed by atoms with van der Waals surface area (Å²) in [4.78, 5) is 13.0. The third-order valence-electron chi connectivity index (χ3n) is 3.34. The van der Waals surface area contributed by atoms with Gasteiger partial charge < -0.3 is 5.32 Å². The maximum atomic E-state index is 12.0. The minimum absolute atomic E-state index is 0.0681. The molecule has 1 fully saturated rings. The predicted octanol–water partition coefficient (Wildman–Crippen LogP) is 1.61. The lowest BCUT2D eigenvalue weighted by Crippen LogP contribution is -2.23. The van der Waals surface area contributed by atoms with Gasteiger partial charge >= 0.3 is 0 Å². The number of anilines is 1. The van der Waals surface area contributed by atoms with Crippen molar-refractivity contribution in [2.24, 2.45) is 5.92 Å². The maximum absolute atomic E-state index is 12.0. The highest BCUT2D eigenvalue weighted by atomic mass is 32.2. The molecule has 0 saturated carbocycles. The summed E-state index contributed by atoms with van der Waals surface area (Å²) in [7, 11) is -3.07. The van der Waals surface area contributed by atoms with Gasteiger partial charge in [0.05, 0.1) is 23.0 Å². The molecule has 0 bridgehead atoms. The van der Waals surface area contributed by atoms with E-state index in [4.69, 9.17) is 5.26 Å². The molecule has 1 amide bonds. The molecule has 1 N–H and O–H groups in total. The highest BCUT2D eigenvalue weighted by molar-refractivity contribution is 7.91. The van der Waals surface area contributed by atoms with Crippen molar-refractivity contribution in [2.75, 3.05) is 16.8 Å². The van der Waals surface area contributed by atoms with E-state index in [-0.39, 0.29) is 17.4 Å². The molecular formula is C12H14N2O3S2. The first-order chi connectivity index (χ1) is 8.84. The van der Waals surface area contributed by atoms with Crippen molar-refractivity contribution in [1.29, 1.82) is 5.26 Å². The number of carbonyl (C=O) groups excluding carboxylic acids is 1. The van der Waals surface area contributed by atoms with Gasteiger partial charge in [-0.2, -0.15) is 5.26 Å². The summed E-state index contributed by atoms with van der Waals surface area (Å²) in [5.41, 5.74) is 1.33. The van der Waals surface area contributed by atoms with Crippen LogP contribution < -0.4 is 5.32 Å². The van der Waals surface area contributed by atoms with Crippen molar-refractivity contribution in [3.63, 3.8) is 0 Å². The van der Waals surface area contributed by atoms with Crippen LogP contribution in [0.5, 0.6) is 0 Å². The first kappa shape index (κ1) is 14.0. The van der Waals surface area contributed by atoms with Crippen molar-refractivity contribution < 1.29 is 13.2 Å². The number of carbonyl (C=O) groups is 1. The van der Waals surface area contributed by atoms with E-state index in [0.29, 0.717) is 17.0 Å². The highest BCUT2D eigenvalue weighted by Crippen LogP contribution is 2.32. The topological polar surface area (TPSA) is 87.0 Å². The number of sulfone groups is 1. The van der Waals surface area contributed by atoms with Crippen LogP contribution in [0.3, 0.4) is 0 Å². The minimum Gasteiger partial charge on any atom is -0.316 e. The Morgan fingerprint density at radius 3 is 2.68 bits per heavy atom. The second-order valence-corrected chi connectivity index (χ2v) is 8.14. The zero-order valence-corrected chi connectivity index (χ0v) is 12.3. The third-order valence-corrected chi connectivity index (χ3v) is 6.23. The standard InChI is InChI=1S/C12H14N2O3S2/c1-7-8(2)18-12(10(7)5-13)14-11(15)9-3-4-19(16,17)6-9/h9H,3-4,6H2,1-2H3,(H,14,15). The Labute approximate surface area is 116 Å². The molecule has 1 atom stereocenters. The molecule has 1 aliphatic rings. The van der Waals surface area contributed by atoms with Gasteiger partial charge in [-0.3, -0.25) is 4.79 Å². The second kappa shape index (κ2) is 4.94. The first-order valence-corrected chi connectivity index (χ1v) is 8.49. The summed E-state index contributed by atoms with van der Waals surface area (Å²) in [5, 5.41) is 12.3. The number of nitriles is 1. The number of aryl methyl sites for hydroxylation is 1. The Balaban J connectivity index is 2.17. The minimum atomic E-state index is -3.07. The van der Waals surface area contributed by atoms with Crippen LogP contribution in [0, 0.1) is 31.1 Å². The molecule has 2 heterocycles. The lowest BCUT2D eigenvalue weighted by molar-refractivity contribution is -0.119. The number of nitrogens with one attached hydrogen (secondary N) is 1. The molecule has 0 aromatic carbocycles. The summed E-state index contributed by atoms with van der Waals surface area (Å²) in [5.74, 6) is -0.832. The molecule has 0 spiro atoms. The average molecular weight is 298 g/mol. The van der Waals surface area contributed by atoms with Gasteiger partial charge in [0.15, 0.2) is 9.84 Å². The van der Waals surface area contributed by atoms with Crippen LogP contribution in [-0.4, -0.2) is 25.8 Å². The summed E-state index contributed by atoms with van der Waals surface area (Å²) in [6, 6.07) is 2.07. The van der Waals surface area contributed by atoms with Gasteiger partial charge in [0, 0.05) is 4.88 Å². The molecule has 0 radical (unpaired) electrons. The molecule has 5 nitrogen and oxygen atoms in total. The Hall–Kier alpha value is -1.39. The van der Waals surface area contributed by atoms with Crippen molar-refractivity contribution >= 4 is 32.1 Å². The van der Waals surface area contributed by atoms with Crippen LogP contribution in [0.4, 0.5) is 5.00 Å². The fourth-order valence-electron chi connectivity index (χ4n) is 2.07. The van der Waals surface area contributed by atoms with E-state index in [1.54, 1.807) is 0 Å². The lowest BCUT2D eigenvalue weighted by Gasteiger charge is -2.07. The second-order valence-electron chi connectivity index (χ2n) is 4.69. The van der Waals surface area contributed by atoms with E-state index in [2.05, 4.69) is 11.4 Å². The van der Waals surface area contributed by atoms with E-state index in [1.165, 1.54) is 11.3 Å². The van der Waals surface area contributed by atoms with E-state index in [0.717, 1.165) is 10.4 Å². The van der Waals surface area contributed by atoms with Crippen molar-refractivity contribution in [2.45, 2.75) is 20.3 Å². The van der Waals surface area contributed by atoms with Gasteiger partial charge in [-0.15, -0.1) is 11.3 Å². The number of hydrogen-bond acceptors (Lipinski definition) is 5. The van der Waals surface area contributed by atoms with Crippen molar-refractivity contribution in [3.8, 4) is 6.07 Å². The SMILES string of the molecule is Cc1sc(NC(=O)C2CCS(=O)(=O)C2)c(C#N)c1C. The Morgan fingerprint density at radius 2 is 2.16 bits per heavy atom. The number of amides is 1. The van der Waals surface area contributed by atoms with E-state index < -0.39 is 15.8 Å². The Kier molecular flexibility index (Phi) is 3.65. The summed E-state index contributed by atoms with van der Waals surface area (Å²) >= 11 is 1.35. The van der Waals surface area contributed by atoms with Crippen LogP contribution in [0.25, 0.3) is 0 Å². The molecule has 102 valence electrons. The molecule has 1 saturated heterocycles. The molecular weight excluding hydrogens is 284 g/mol. The zero-order chi connectivity index (χ0) is 14.2. The van der Waals surface area contributed by atoms with Crippen LogP contribution in [0.2, 0.25) is 0 Å². The Morgan fingerprint density at radius 1 is 1.47 bits per heavy atom. The van der Waals surface area contributed by atoms with E-state index in [9.17, 15) is 13.2 Å². The van der Waals surface area contributed by atoms with Crippen molar-refractivity contribution in [1.82, 2.24) is 0 Å². The Bertz CT molecular complexity index is 668. The van der Waals surface area contributed by atoms with Crippen molar-refractivity contribution in [3.05, 3.63) is 16.0 Å². The molecule has 1 aromatic rings. The summed E-state index contributed by atoms with van der Waals surface area (Å²) in [6.07, 6.45) is 0.361. The first-order valence-electron chi connectivity index (χ1n) is 5.85. The molecule has 7 heteroatoms. The average Bonchev–Trinajstić information content (AvgIpc) is 2.81. The van der Waals surface area contributed by atoms with Gasteiger partial charge in [-0.05, 0) is 25.8 Å². The number of hydrogen-bond donors (Lipinski definition) is 1.